The molecule has 1 aliphatic rings. The third-order valence-electron chi connectivity index (χ3n) is 4.46. The summed E-state index contributed by atoms with van der Waals surface area (Å²) in [5.41, 5.74) is 6.68. The standard InChI is InChI=1S/C17H18N4O2S2/c18-11-3-1-5-20(7-11)14(22)8-21-10-19-16-15(17(21)23)12(9-25-16)13-4-2-6-24-13/h2,4,6,9-11H,1,3,5,7-8,18H2. The molecule has 4 heterocycles. The summed E-state index contributed by atoms with van der Waals surface area (Å²) in [6.07, 6.45) is 3.32. The molecule has 0 radical (unpaired) electrons. The van der Waals surface area contributed by atoms with Crippen LogP contribution in [-0.4, -0.2) is 39.5 Å². The normalized spacial score (nSPS) is 18.0. The number of carbonyl (C=O) groups excluding carboxylic acids is 1. The largest absolute Gasteiger partial charge is 0.340 e. The Morgan fingerprint density at radius 2 is 2.28 bits per heavy atom. The van der Waals surface area contributed by atoms with Crippen LogP contribution in [0.1, 0.15) is 12.8 Å². The van der Waals surface area contributed by atoms with E-state index in [0.29, 0.717) is 23.3 Å². The lowest BCUT2D eigenvalue weighted by Crippen LogP contribution is -2.47. The zero-order valence-corrected chi connectivity index (χ0v) is 15.2. The smallest absolute Gasteiger partial charge is 0.263 e. The maximum Gasteiger partial charge on any atom is 0.263 e. The van der Waals surface area contributed by atoms with Crippen molar-refractivity contribution in [3.63, 3.8) is 0 Å². The average Bonchev–Trinajstić information content (AvgIpc) is 3.26. The molecular formula is C17H18N4O2S2. The molecule has 1 unspecified atom stereocenters. The number of hydrogen-bond donors (Lipinski definition) is 1. The van der Waals surface area contributed by atoms with E-state index in [4.69, 9.17) is 5.73 Å². The second kappa shape index (κ2) is 6.70. The van der Waals surface area contributed by atoms with Crippen molar-refractivity contribution in [3.05, 3.63) is 39.6 Å². The molecule has 1 amide bonds. The van der Waals surface area contributed by atoms with E-state index in [1.165, 1.54) is 22.2 Å². The molecule has 0 saturated carbocycles. The number of amides is 1. The van der Waals surface area contributed by atoms with Gasteiger partial charge in [0.25, 0.3) is 5.56 Å². The van der Waals surface area contributed by atoms with Gasteiger partial charge in [0.2, 0.25) is 5.91 Å². The number of nitrogens with zero attached hydrogens (tertiary/aromatic N) is 3. The molecule has 2 N–H and O–H groups in total. The molecule has 0 aliphatic carbocycles. The van der Waals surface area contributed by atoms with Gasteiger partial charge in [0.15, 0.2) is 0 Å². The number of piperidine rings is 1. The van der Waals surface area contributed by atoms with Crippen molar-refractivity contribution in [1.82, 2.24) is 14.5 Å². The molecule has 6 nitrogen and oxygen atoms in total. The quantitative estimate of drug-likeness (QED) is 0.761. The van der Waals surface area contributed by atoms with Crippen LogP contribution in [0.3, 0.4) is 0 Å². The number of hydrogen-bond acceptors (Lipinski definition) is 6. The topological polar surface area (TPSA) is 81.2 Å². The lowest BCUT2D eigenvalue weighted by Gasteiger charge is -2.30. The molecule has 0 bridgehead atoms. The minimum absolute atomic E-state index is 0.00816. The molecule has 0 aromatic carbocycles. The van der Waals surface area contributed by atoms with E-state index in [-0.39, 0.29) is 24.1 Å². The van der Waals surface area contributed by atoms with Crippen LogP contribution in [-0.2, 0) is 11.3 Å². The highest BCUT2D eigenvalue weighted by molar-refractivity contribution is 7.18. The summed E-state index contributed by atoms with van der Waals surface area (Å²) in [5, 5.41) is 4.54. The summed E-state index contributed by atoms with van der Waals surface area (Å²) in [6.45, 7) is 1.27. The molecular weight excluding hydrogens is 356 g/mol. The molecule has 1 fully saturated rings. The Morgan fingerprint density at radius 3 is 3.04 bits per heavy atom. The van der Waals surface area contributed by atoms with Gasteiger partial charge in [0.05, 0.1) is 11.7 Å². The summed E-state index contributed by atoms with van der Waals surface area (Å²) >= 11 is 3.04. The lowest BCUT2D eigenvalue weighted by atomic mass is 10.1. The van der Waals surface area contributed by atoms with Crippen molar-refractivity contribution in [2.24, 2.45) is 5.73 Å². The molecule has 8 heteroatoms. The molecule has 1 aliphatic heterocycles. The zero-order chi connectivity index (χ0) is 17.4. The van der Waals surface area contributed by atoms with Gasteiger partial charge < -0.3 is 10.6 Å². The summed E-state index contributed by atoms with van der Waals surface area (Å²) < 4.78 is 1.41. The van der Waals surface area contributed by atoms with Gasteiger partial charge >= 0.3 is 0 Å². The minimum atomic E-state index is -0.163. The number of likely N-dealkylation sites (tertiary alicyclic amines) is 1. The van der Waals surface area contributed by atoms with Gasteiger partial charge in [-0.15, -0.1) is 22.7 Å². The predicted molar refractivity (Wildman–Crippen MR) is 101 cm³/mol. The van der Waals surface area contributed by atoms with Gasteiger partial charge in [-0.05, 0) is 24.3 Å². The Kier molecular flexibility index (Phi) is 4.41. The maximum absolute atomic E-state index is 12.9. The zero-order valence-electron chi connectivity index (χ0n) is 13.6. The van der Waals surface area contributed by atoms with E-state index in [1.54, 1.807) is 16.2 Å². The van der Waals surface area contributed by atoms with E-state index in [9.17, 15) is 9.59 Å². The van der Waals surface area contributed by atoms with Crippen molar-refractivity contribution in [1.29, 1.82) is 0 Å². The number of rotatable bonds is 3. The van der Waals surface area contributed by atoms with Crippen molar-refractivity contribution >= 4 is 38.8 Å². The third-order valence-corrected chi connectivity index (χ3v) is 6.25. The highest BCUT2D eigenvalue weighted by atomic mass is 32.1. The van der Waals surface area contributed by atoms with E-state index in [2.05, 4.69) is 4.98 Å². The van der Waals surface area contributed by atoms with Crippen LogP contribution in [0.15, 0.2) is 34.0 Å². The predicted octanol–water partition coefficient (Wildman–Crippen LogP) is 2.14. The van der Waals surface area contributed by atoms with Crippen LogP contribution in [0.2, 0.25) is 0 Å². The molecule has 25 heavy (non-hydrogen) atoms. The first-order valence-electron chi connectivity index (χ1n) is 8.17. The second-order valence-corrected chi connectivity index (χ2v) is 8.03. The molecule has 3 aromatic rings. The van der Waals surface area contributed by atoms with Crippen molar-refractivity contribution in [2.75, 3.05) is 13.1 Å². The van der Waals surface area contributed by atoms with Gasteiger partial charge in [-0.3, -0.25) is 14.2 Å². The number of nitrogens with two attached hydrogens (primary N) is 1. The Labute approximate surface area is 152 Å². The first-order chi connectivity index (χ1) is 12.1. The molecule has 1 atom stereocenters. The Hall–Kier alpha value is -2.03. The van der Waals surface area contributed by atoms with E-state index < -0.39 is 0 Å². The van der Waals surface area contributed by atoms with Crippen LogP contribution in [0.4, 0.5) is 0 Å². The molecule has 3 aromatic heterocycles. The van der Waals surface area contributed by atoms with Crippen LogP contribution in [0, 0.1) is 0 Å². The summed E-state index contributed by atoms with van der Waals surface area (Å²) in [6, 6.07) is 3.97. The molecule has 0 spiro atoms. The van der Waals surface area contributed by atoms with Gasteiger partial charge in [-0.25, -0.2) is 4.98 Å². The fourth-order valence-corrected chi connectivity index (χ4v) is 4.90. The number of aromatic nitrogens is 2. The van der Waals surface area contributed by atoms with Crippen LogP contribution >= 0.6 is 22.7 Å². The van der Waals surface area contributed by atoms with Gasteiger partial charge in [0.1, 0.15) is 11.4 Å². The summed E-state index contributed by atoms with van der Waals surface area (Å²) in [7, 11) is 0. The summed E-state index contributed by atoms with van der Waals surface area (Å²) in [5.74, 6) is -0.0775. The highest BCUT2D eigenvalue weighted by Gasteiger charge is 2.22. The Bertz CT molecular complexity index is 961. The SMILES string of the molecule is NC1CCCN(C(=O)Cn2cnc3scc(-c4cccs4)c3c2=O)C1. The summed E-state index contributed by atoms with van der Waals surface area (Å²) in [4.78, 5) is 33.3. The Balaban J connectivity index is 1.66. The Morgan fingerprint density at radius 1 is 1.40 bits per heavy atom. The first-order valence-corrected chi connectivity index (χ1v) is 9.93. The second-order valence-electron chi connectivity index (χ2n) is 6.23. The lowest BCUT2D eigenvalue weighted by molar-refractivity contribution is -0.133. The fraction of sp³-hybridized carbons (Fsp3) is 0.353. The minimum Gasteiger partial charge on any atom is -0.340 e. The number of thiophene rings is 2. The fourth-order valence-electron chi connectivity index (χ4n) is 3.18. The average molecular weight is 374 g/mol. The van der Waals surface area contributed by atoms with Crippen molar-refractivity contribution in [2.45, 2.75) is 25.4 Å². The number of carbonyl (C=O) groups is 1. The third kappa shape index (κ3) is 3.12. The monoisotopic (exact) mass is 374 g/mol. The van der Waals surface area contributed by atoms with E-state index in [1.807, 2.05) is 22.9 Å². The van der Waals surface area contributed by atoms with Crippen molar-refractivity contribution in [3.8, 4) is 10.4 Å². The van der Waals surface area contributed by atoms with Gasteiger partial charge in [-0.2, -0.15) is 0 Å². The molecule has 1 saturated heterocycles. The number of fused-ring (bicyclic) bond motifs is 1. The van der Waals surface area contributed by atoms with Crippen LogP contribution < -0.4 is 11.3 Å². The van der Waals surface area contributed by atoms with E-state index in [0.717, 1.165) is 23.3 Å². The van der Waals surface area contributed by atoms with Gasteiger partial charge in [0, 0.05) is 35.0 Å². The maximum atomic E-state index is 12.9. The molecule has 130 valence electrons. The highest BCUT2D eigenvalue weighted by Crippen LogP contribution is 2.33. The van der Waals surface area contributed by atoms with Crippen LogP contribution in [0.25, 0.3) is 20.7 Å². The van der Waals surface area contributed by atoms with Crippen molar-refractivity contribution < 1.29 is 4.79 Å². The van der Waals surface area contributed by atoms with Crippen LogP contribution in [0.5, 0.6) is 0 Å². The molecule has 4 rings (SSSR count). The first kappa shape index (κ1) is 16.4. The van der Waals surface area contributed by atoms with Gasteiger partial charge in [-0.1, -0.05) is 6.07 Å². The van der Waals surface area contributed by atoms with E-state index >= 15 is 0 Å².